The fourth-order valence-corrected chi connectivity index (χ4v) is 3.98. The summed E-state index contributed by atoms with van der Waals surface area (Å²) >= 11 is 0. The van der Waals surface area contributed by atoms with Crippen molar-refractivity contribution in [2.45, 2.75) is 39.2 Å². The summed E-state index contributed by atoms with van der Waals surface area (Å²) in [6.45, 7) is 3.08. The Hall–Kier alpha value is -4.20. The molecule has 170 valence electrons. The predicted molar refractivity (Wildman–Crippen MR) is 130 cm³/mol. The number of tetrazole rings is 1. The van der Waals surface area contributed by atoms with E-state index in [4.69, 9.17) is 10.1 Å². The average Bonchev–Trinajstić information content (AvgIpc) is 3.54. The van der Waals surface area contributed by atoms with Crippen LogP contribution in [-0.4, -0.2) is 40.4 Å². The Balaban J connectivity index is 1.38. The zero-order valence-corrected chi connectivity index (χ0v) is 19.1. The smallest absolute Gasteiger partial charge is 0.205 e. The van der Waals surface area contributed by atoms with E-state index in [1.807, 2.05) is 18.3 Å². The second kappa shape index (κ2) is 10.2. The van der Waals surface area contributed by atoms with Crippen molar-refractivity contribution in [2.75, 3.05) is 0 Å². The molecule has 0 saturated carbocycles. The van der Waals surface area contributed by atoms with Crippen molar-refractivity contribution in [3.8, 4) is 22.5 Å². The maximum absolute atomic E-state index is 4.90. The van der Waals surface area contributed by atoms with Crippen molar-refractivity contribution in [1.82, 2.24) is 40.4 Å². The van der Waals surface area contributed by atoms with E-state index >= 15 is 0 Å². The molecular weight excluding hydrogens is 424 g/mol. The lowest BCUT2D eigenvalue weighted by Crippen LogP contribution is -2.06. The van der Waals surface area contributed by atoms with Crippen molar-refractivity contribution >= 4 is 0 Å². The lowest BCUT2D eigenvalue weighted by molar-refractivity contribution is 0.546. The molecule has 0 aliphatic carbocycles. The van der Waals surface area contributed by atoms with Crippen molar-refractivity contribution < 1.29 is 0 Å². The second-order valence-corrected chi connectivity index (χ2v) is 8.21. The van der Waals surface area contributed by atoms with Crippen molar-refractivity contribution in [1.29, 1.82) is 0 Å². The monoisotopic (exact) mass is 450 g/mol. The van der Waals surface area contributed by atoms with Gasteiger partial charge in [0.25, 0.3) is 0 Å². The molecule has 8 heteroatoms. The molecule has 3 aromatic heterocycles. The molecule has 8 nitrogen and oxygen atoms in total. The van der Waals surface area contributed by atoms with E-state index in [0.717, 1.165) is 60.6 Å². The largest absolute Gasteiger partial charge is 0.264 e. The van der Waals surface area contributed by atoms with Gasteiger partial charge in [-0.2, -0.15) is 10.3 Å². The molecule has 0 bridgehead atoms. The summed E-state index contributed by atoms with van der Waals surface area (Å²) in [5.41, 5.74) is 5.31. The third-order valence-corrected chi connectivity index (χ3v) is 5.76. The molecule has 2 aromatic carbocycles. The molecule has 34 heavy (non-hydrogen) atoms. The topological polar surface area (TPSA) is 98.1 Å². The van der Waals surface area contributed by atoms with Crippen LogP contribution < -0.4 is 0 Å². The molecular formula is C26H26N8. The van der Waals surface area contributed by atoms with Gasteiger partial charge in [0.2, 0.25) is 5.82 Å². The summed E-state index contributed by atoms with van der Waals surface area (Å²) in [7, 11) is 0. The number of aryl methyl sites for hydroxylation is 1. The summed E-state index contributed by atoms with van der Waals surface area (Å²) in [4.78, 5) is 9.19. The Morgan fingerprint density at radius 1 is 0.882 bits per heavy atom. The van der Waals surface area contributed by atoms with Crippen LogP contribution in [0.15, 0.2) is 73.1 Å². The minimum absolute atomic E-state index is 0.552. The SMILES string of the molecule is CCCCn1nc(Cc2ccccc2)nc1Cc1ccc(-c2cnccc2-c2nn[nH]n2)cc1. The third kappa shape index (κ3) is 4.91. The average molecular weight is 451 g/mol. The minimum Gasteiger partial charge on any atom is -0.264 e. The summed E-state index contributed by atoms with van der Waals surface area (Å²) in [5.74, 6) is 2.42. The highest BCUT2D eigenvalue weighted by molar-refractivity contribution is 5.79. The van der Waals surface area contributed by atoms with Crippen molar-refractivity contribution in [3.05, 3.63) is 95.8 Å². The van der Waals surface area contributed by atoms with E-state index in [-0.39, 0.29) is 0 Å². The number of pyridine rings is 1. The van der Waals surface area contributed by atoms with Crippen LogP contribution in [0.4, 0.5) is 0 Å². The maximum Gasteiger partial charge on any atom is 0.205 e. The first kappa shape index (κ1) is 21.6. The highest BCUT2D eigenvalue weighted by atomic mass is 15.5. The van der Waals surface area contributed by atoms with Crippen LogP contribution in [0.5, 0.6) is 0 Å². The van der Waals surface area contributed by atoms with E-state index in [1.165, 1.54) is 11.1 Å². The lowest BCUT2D eigenvalue weighted by atomic mass is 9.99. The van der Waals surface area contributed by atoms with Gasteiger partial charge in [-0.05, 0) is 34.4 Å². The number of aromatic amines is 1. The molecule has 0 fully saturated rings. The van der Waals surface area contributed by atoms with Gasteiger partial charge >= 0.3 is 0 Å². The van der Waals surface area contributed by atoms with Gasteiger partial charge in [-0.1, -0.05) is 67.9 Å². The predicted octanol–water partition coefficient (Wildman–Crippen LogP) is 4.50. The van der Waals surface area contributed by atoms with Crippen LogP contribution >= 0.6 is 0 Å². The highest BCUT2D eigenvalue weighted by Gasteiger charge is 2.13. The number of rotatable bonds is 9. The Morgan fingerprint density at radius 3 is 2.47 bits per heavy atom. The van der Waals surface area contributed by atoms with Gasteiger partial charge in [0, 0.05) is 42.9 Å². The summed E-state index contributed by atoms with van der Waals surface area (Å²) in [6.07, 6.45) is 7.25. The van der Waals surface area contributed by atoms with E-state index in [0.29, 0.717) is 5.82 Å². The van der Waals surface area contributed by atoms with Crippen molar-refractivity contribution in [3.63, 3.8) is 0 Å². The van der Waals surface area contributed by atoms with Crippen LogP contribution in [-0.2, 0) is 19.4 Å². The van der Waals surface area contributed by atoms with Gasteiger partial charge < -0.3 is 0 Å². The third-order valence-electron chi connectivity index (χ3n) is 5.76. The molecule has 0 aliphatic rings. The Bertz CT molecular complexity index is 1330. The molecule has 0 amide bonds. The minimum atomic E-state index is 0.552. The lowest BCUT2D eigenvalue weighted by Gasteiger charge is -2.08. The number of unbranched alkanes of at least 4 members (excludes halogenated alkanes) is 1. The molecule has 5 aromatic rings. The number of aromatic nitrogens is 8. The number of hydrogen-bond donors (Lipinski definition) is 1. The zero-order chi connectivity index (χ0) is 23.2. The summed E-state index contributed by atoms with van der Waals surface area (Å²) in [6, 6.07) is 20.8. The molecule has 3 heterocycles. The van der Waals surface area contributed by atoms with Crippen LogP contribution in [0, 0.1) is 0 Å². The maximum atomic E-state index is 4.90. The standard InChI is InChI=1S/C26H26N8/c1-2-3-15-34-25(28-24(31-34)16-19-7-5-4-6-8-19)17-20-9-11-21(12-10-20)23-18-27-14-13-22(23)26-29-32-33-30-26/h4-14,18H,2-3,15-17H2,1H3,(H,29,30,32,33). The fraction of sp³-hybridized carbons (Fsp3) is 0.231. The van der Waals surface area contributed by atoms with E-state index in [2.05, 4.69) is 85.7 Å². The van der Waals surface area contributed by atoms with Crippen LogP contribution in [0.3, 0.4) is 0 Å². The van der Waals surface area contributed by atoms with Crippen LogP contribution in [0.2, 0.25) is 0 Å². The Kier molecular flexibility index (Phi) is 6.47. The number of nitrogens with zero attached hydrogens (tertiary/aromatic N) is 7. The summed E-state index contributed by atoms with van der Waals surface area (Å²) < 4.78 is 2.07. The van der Waals surface area contributed by atoms with Gasteiger partial charge in [0.15, 0.2) is 5.82 Å². The van der Waals surface area contributed by atoms with Gasteiger partial charge in [0.05, 0.1) is 0 Å². The molecule has 0 spiro atoms. The van der Waals surface area contributed by atoms with Gasteiger partial charge in [-0.3, -0.25) is 4.98 Å². The highest BCUT2D eigenvalue weighted by Crippen LogP contribution is 2.29. The van der Waals surface area contributed by atoms with Crippen LogP contribution in [0.1, 0.15) is 42.5 Å². The van der Waals surface area contributed by atoms with E-state index < -0.39 is 0 Å². The Labute approximate surface area is 198 Å². The van der Waals surface area contributed by atoms with Gasteiger partial charge in [0.1, 0.15) is 5.82 Å². The number of H-pyrrole nitrogens is 1. The number of nitrogens with one attached hydrogen (secondary N) is 1. The van der Waals surface area contributed by atoms with Crippen LogP contribution in [0.25, 0.3) is 22.5 Å². The first-order valence-electron chi connectivity index (χ1n) is 11.5. The molecule has 0 radical (unpaired) electrons. The fourth-order valence-electron chi connectivity index (χ4n) is 3.98. The normalized spacial score (nSPS) is 11.1. The second-order valence-electron chi connectivity index (χ2n) is 8.21. The van der Waals surface area contributed by atoms with E-state index in [9.17, 15) is 0 Å². The van der Waals surface area contributed by atoms with Gasteiger partial charge in [-0.15, -0.1) is 10.2 Å². The first-order chi connectivity index (χ1) is 16.8. The van der Waals surface area contributed by atoms with E-state index in [1.54, 1.807) is 6.20 Å². The molecule has 0 unspecified atom stereocenters. The number of hydrogen-bond acceptors (Lipinski definition) is 6. The quantitative estimate of drug-likeness (QED) is 0.355. The first-order valence-corrected chi connectivity index (χ1v) is 11.5. The molecule has 0 saturated heterocycles. The molecule has 1 N–H and O–H groups in total. The molecule has 0 atom stereocenters. The summed E-state index contributed by atoms with van der Waals surface area (Å²) in [5, 5.41) is 19.3. The Morgan fingerprint density at radius 2 is 1.71 bits per heavy atom. The molecule has 5 rings (SSSR count). The molecule has 0 aliphatic heterocycles. The van der Waals surface area contributed by atoms with Crippen molar-refractivity contribution in [2.24, 2.45) is 0 Å². The van der Waals surface area contributed by atoms with Gasteiger partial charge in [-0.25, -0.2) is 9.67 Å². The zero-order valence-electron chi connectivity index (χ0n) is 19.1. The number of benzene rings is 2.